The molecule has 0 spiro atoms. The first-order valence-corrected chi connectivity index (χ1v) is 19.4. The standard InChI is InChI=1S/C43H63NO6/c1-27(2)29-17-22-43(44-37(48)49-26-28-13-11-10-12-14-28)24-23-41(8)30(35(29)43)15-16-32-40(7)20-19-33(50-34(45)25-38(3,4)36(46)47)39(5,6)31(40)18-21-42(32,41)9/h10-14,29-33,35H,1,15-26H2,2-9H3,(H,44,48)(H,46,47)/t29-,30?,31-,32+,33?,35+,40?,41+,42?,43-/m0/s1. The first-order chi connectivity index (χ1) is 23.3. The van der Waals surface area contributed by atoms with Gasteiger partial charge in [-0.05, 0) is 136 Å². The molecule has 5 fully saturated rings. The molecule has 4 unspecified atom stereocenters. The molecule has 5 saturated carbocycles. The van der Waals surface area contributed by atoms with Gasteiger partial charge in [0.2, 0.25) is 0 Å². The number of hydrogen-bond acceptors (Lipinski definition) is 5. The van der Waals surface area contributed by atoms with Gasteiger partial charge in [0, 0.05) is 11.0 Å². The molecule has 5 aliphatic rings. The zero-order chi connectivity index (χ0) is 36.5. The Kier molecular flexibility index (Phi) is 9.37. The van der Waals surface area contributed by atoms with E-state index in [1.165, 1.54) is 12.0 Å². The van der Waals surface area contributed by atoms with Gasteiger partial charge in [0.25, 0.3) is 0 Å². The molecule has 1 aromatic rings. The molecule has 10 atom stereocenters. The van der Waals surface area contributed by atoms with Crippen LogP contribution in [0.25, 0.3) is 0 Å². The van der Waals surface area contributed by atoms with Gasteiger partial charge in [0.15, 0.2) is 0 Å². The van der Waals surface area contributed by atoms with Crippen LogP contribution in [-0.4, -0.2) is 34.8 Å². The SMILES string of the molecule is C=C(C)[C@@H]1CC[C@]2(NC(=O)OCc3ccccc3)CC[C@]3(C)C(CC[C@@H]4C5(C)CCC(OC(=O)CC(C)(C)C(=O)O)C(C)(C)[C@@H]5CCC43C)[C@@H]12. The summed E-state index contributed by atoms with van der Waals surface area (Å²) in [5.41, 5.74) is 0.990. The van der Waals surface area contributed by atoms with Crippen LogP contribution in [0.4, 0.5) is 4.79 Å². The average molecular weight is 690 g/mol. The molecule has 0 saturated heterocycles. The highest BCUT2D eigenvalue weighted by Crippen LogP contribution is 2.76. The van der Waals surface area contributed by atoms with E-state index >= 15 is 0 Å². The van der Waals surface area contributed by atoms with Crippen LogP contribution in [0, 0.1) is 56.7 Å². The smallest absolute Gasteiger partial charge is 0.407 e. The molecule has 2 N–H and O–H groups in total. The van der Waals surface area contributed by atoms with Crippen molar-refractivity contribution >= 4 is 18.0 Å². The molecular formula is C43H63NO6. The summed E-state index contributed by atoms with van der Waals surface area (Å²) in [6.45, 7) is 22.5. The normalized spacial score (nSPS) is 40.2. The van der Waals surface area contributed by atoms with Gasteiger partial charge in [-0.15, -0.1) is 0 Å². The number of nitrogens with one attached hydrogen (secondary N) is 1. The topological polar surface area (TPSA) is 102 Å². The summed E-state index contributed by atoms with van der Waals surface area (Å²) in [4.78, 5) is 38.3. The van der Waals surface area contributed by atoms with Crippen molar-refractivity contribution in [2.45, 2.75) is 144 Å². The highest BCUT2D eigenvalue weighted by Gasteiger charge is 2.71. The maximum Gasteiger partial charge on any atom is 0.407 e. The van der Waals surface area contributed by atoms with E-state index in [0.717, 1.165) is 63.4 Å². The fourth-order valence-electron chi connectivity index (χ4n) is 13.2. The summed E-state index contributed by atoms with van der Waals surface area (Å²) >= 11 is 0. The molecule has 0 aliphatic heterocycles. The zero-order valence-electron chi connectivity index (χ0n) is 32.0. The van der Waals surface area contributed by atoms with Crippen molar-refractivity contribution in [3.05, 3.63) is 48.0 Å². The zero-order valence-corrected chi connectivity index (χ0v) is 32.0. The summed E-state index contributed by atoms with van der Waals surface area (Å²) in [5, 5.41) is 13.1. The lowest BCUT2D eigenvalue weighted by molar-refractivity contribution is -0.246. The molecule has 0 radical (unpaired) electrons. The van der Waals surface area contributed by atoms with Crippen LogP contribution in [0.5, 0.6) is 0 Å². The molecule has 0 heterocycles. The fraction of sp³-hybridized carbons (Fsp3) is 0.744. The molecule has 7 nitrogen and oxygen atoms in total. The number of amides is 1. The number of carbonyl (C=O) groups excluding carboxylic acids is 2. The summed E-state index contributed by atoms with van der Waals surface area (Å²) in [7, 11) is 0. The third kappa shape index (κ3) is 5.81. The molecule has 5 aliphatic carbocycles. The van der Waals surface area contributed by atoms with Gasteiger partial charge >= 0.3 is 18.0 Å². The maximum absolute atomic E-state index is 13.5. The van der Waals surface area contributed by atoms with Crippen LogP contribution in [0.15, 0.2) is 42.5 Å². The quantitative estimate of drug-likeness (QED) is 0.208. The lowest BCUT2D eigenvalue weighted by Crippen LogP contribution is -2.69. The largest absolute Gasteiger partial charge is 0.481 e. The summed E-state index contributed by atoms with van der Waals surface area (Å²) < 4.78 is 12.0. The fourth-order valence-corrected chi connectivity index (χ4v) is 13.2. The number of carboxylic acid groups (broad SMARTS) is 1. The van der Waals surface area contributed by atoms with Crippen molar-refractivity contribution < 1.29 is 29.0 Å². The van der Waals surface area contributed by atoms with Crippen LogP contribution in [-0.2, 0) is 25.7 Å². The molecule has 0 bridgehead atoms. The molecule has 6 rings (SSSR count). The third-order valence-electron chi connectivity index (χ3n) is 16.0. The Morgan fingerprint density at radius 3 is 2.24 bits per heavy atom. The van der Waals surface area contributed by atoms with E-state index in [2.05, 4.69) is 53.4 Å². The number of benzene rings is 1. The molecule has 276 valence electrons. The minimum absolute atomic E-state index is 0.116. The Morgan fingerprint density at radius 1 is 0.880 bits per heavy atom. The molecule has 1 aromatic carbocycles. The van der Waals surface area contributed by atoms with Gasteiger partial charge in [-0.1, -0.05) is 77.1 Å². The van der Waals surface area contributed by atoms with Crippen molar-refractivity contribution in [1.29, 1.82) is 0 Å². The highest BCUT2D eigenvalue weighted by molar-refractivity contribution is 5.81. The second kappa shape index (κ2) is 12.7. The van der Waals surface area contributed by atoms with Crippen molar-refractivity contribution in [1.82, 2.24) is 5.32 Å². The van der Waals surface area contributed by atoms with Crippen LogP contribution in [0.3, 0.4) is 0 Å². The van der Waals surface area contributed by atoms with Crippen LogP contribution in [0.2, 0.25) is 0 Å². The van der Waals surface area contributed by atoms with Gasteiger partial charge < -0.3 is 19.9 Å². The Balaban J connectivity index is 1.23. The van der Waals surface area contributed by atoms with Crippen LogP contribution >= 0.6 is 0 Å². The number of aliphatic carboxylic acids is 1. The van der Waals surface area contributed by atoms with E-state index in [1.54, 1.807) is 13.8 Å². The Labute approximate surface area is 300 Å². The number of fused-ring (bicyclic) bond motifs is 7. The van der Waals surface area contributed by atoms with Crippen molar-refractivity contribution in [3.63, 3.8) is 0 Å². The monoisotopic (exact) mass is 689 g/mol. The van der Waals surface area contributed by atoms with E-state index in [9.17, 15) is 19.5 Å². The molecule has 0 aromatic heterocycles. The molecule has 50 heavy (non-hydrogen) atoms. The predicted molar refractivity (Wildman–Crippen MR) is 195 cm³/mol. The first kappa shape index (κ1) is 36.9. The minimum atomic E-state index is -1.15. The highest BCUT2D eigenvalue weighted by atomic mass is 16.6. The second-order valence-electron chi connectivity index (χ2n) is 19.2. The molecule has 1 amide bonds. The molecule has 7 heteroatoms. The van der Waals surface area contributed by atoms with Gasteiger partial charge in [0.05, 0.1) is 11.8 Å². The Bertz CT molecular complexity index is 1500. The van der Waals surface area contributed by atoms with Gasteiger partial charge in [0.1, 0.15) is 12.7 Å². The van der Waals surface area contributed by atoms with E-state index < -0.39 is 17.4 Å². The number of ether oxygens (including phenoxy) is 2. The second-order valence-corrected chi connectivity index (χ2v) is 19.2. The van der Waals surface area contributed by atoms with E-state index in [4.69, 9.17) is 9.47 Å². The summed E-state index contributed by atoms with van der Waals surface area (Å²) in [6.07, 6.45) is 9.83. The van der Waals surface area contributed by atoms with Crippen LogP contribution in [0.1, 0.15) is 132 Å². The number of esters is 1. The van der Waals surface area contributed by atoms with Gasteiger partial charge in [-0.25, -0.2) is 4.79 Å². The summed E-state index contributed by atoms with van der Waals surface area (Å²) in [5.74, 6) is 0.790. The number of hydrogen-bond donors (Lipinski definition) is 2. The number of alkyl carbamates (subject to hydrolysis) is 1. The number of carbonyl (C=O) groups is 3. The third-order valence-corrected chi connectivity index (χ3v) is 16.0. The minimum Gasteiger partial charge on any atom is -0.481 e. The predicted octanol–water partition coefficient (Wildman–Crippen LogP) is 9.74. The number of carboxylic acids is 1. The Morgan fingerprint density at radius 2 is 1.58 bits per heavy atom. The maximum atomic E-state index is 13.5. The number of allylic oxidation sites excluding steroid dienone is 1. The van der Waals surface area contributed by atoms with E-state index in [0.29, 0.717) is 29.6 Å². The van der Waals surface area contributed by atoms with Crippen LogP contribution < -0.4 is 5.32 Å². The van der Waals surface area contributed by atoms with Gasteiger partial charge in [-0.2, -0.15) is 0 Å². The van der Waals surface area contributed by atoms with Crippen molar-refractivity contribution in [3.8, 4) is 0 Å². The lowest BCUT2D eigenvalue weighted by atomic mass is 9.32. The average Bonchev–Trinajstić information content (AvgIpc) is 3.41. The Hall–Kier alpha value is -2.83. The van der Waals surface area contributed by atoms with Crippen molar-refractivity contribution in [2.24, 2.45) is 56.7 Å². The number of rotatable bonds is 8. The molecular weight excluding hydrogens is 626 g/mol. The first-order valence-electron chi connectivity index (χ1n) is 19.4. The van der Waals surface area contributed by atoms with E-state index in [-0.39, 0.29) is 52.4 Å². The summed E-state index contributed by atoms with van der Waals surface area (Å²) in [6, 6.07) is 9.90. The lowest BCUT2D eigenvalue weighted by Gasteiger charge is -2.73. The van der Waals surface area contributed by atoms with Crippen molar-refractivity contribution in [2.75, 3.05) is 0 Å². The van der Waals surface area contributed by atoms with E-state index in [1.807, 2.05) is 30.3 Å². The van der Waals surface area contributed by atoms with Gasteiger partial charge in [-0.3, -0.25) is 9.59 Å².